The van der Waals surface area contributed by atoms with Crippen LogP contribution in [0.4, 0.5) is 13.2 Å². The van der Waals surface area contributed by atoms with E-state index in [9.17, 15) is 13.2 Å². The van der Waals surface area contributed by atoms with Gasteiger partial charge in [-0.15, -0.1) is 0 Å². The summed E-state index contributed by atoms with van der Waals surface area (Å²) >= 11 is 0. The molecule has 6 heteroatoms. The highest BCUT2D eigenvalue weighted by atomic mass is 19.4. The van der Waals surface area contributed by atoms with Gasteiger partial charge in [-0.1, -0.05) is 12.1 Å². The van der Waals surface area contributed by atoms with E-state index in [2.05, 4.69) is 15.3 Å². The van der Waals surface area contributed by atoms with Gasteiger partial charge >= 0.3 is 6.18 Å². The van der Waals surface area contributed by atoms with E-state index in [1.807, 2.05) is 25.1 Å². The zero-order chi connectivity index (χ0) is 12.5. The molecule has 0 saturated heterocycles. The van der Waals surface area contributed by atoms with Crippen LogP contribution in [0.1, 0.15) is 11.4 Å². The van der Waals surface area contributed by atoms with Crippen LogP contribution in [-0.4, -0.2) is 22.7 Å². The topological polar surface area (TPSA) is 40.7 Å². The quantitative estimate of drug-likeness (QED) is 0.869. The second-order valence-corrected chi connectivity index (χ2v) is 3.87. The van der Waals surface area contributed by atoms with Crippen molar-refractivity contribution in [2.24, 2.45) is 0 Å². The van der Waals surface area contributed by atoms with Gasteiger partial charge in [0.15, 0.2) is 0 Å². The molecule has 17 heavy (non-hydrogen) atoms. The summed E-state index contributed by atoms with van der Waals surface area (Å²) in [7, 11) is 0. The van der Waals surface area contributed by atoms with E-state index < -0.39 is 12.7 Å². The zero-order valence-corrected chi connectivity index (χ0v) is 9.23. The van der Waals surface area contributed by atoms with Crippen molar-refractivity contribution in [1.29, 1.82) is 0 Å². The van der Waals surface area contributed by atoms with Gasteiger partial charge in [0.25, 0.3) is 0 Å². The molecule has 1 heterocycles. The Balaban J connectivity index is 2.07. The fourth-order valence-corrected chi connectivity index (χ4v) is 1.63. The van der Waals surface area contributed by atoms with Crippen LogP contribution in [0.15, 0.2) is 18.2 Å². The fourth-order valence-electron chi connectivity index (χ4n) is 1.63. The molecule has 0 fully saturated rings. The van der Waals surface area contributed by atoms with Crippen LogP contribution in [0.2, 0.25) is 0 Å². The van der Waals surface area contributed by atoms with E-state index >= 15 is 0 Å². The number of aromatic nitrogens is 2. The van der Waals surface area contributed by atoms with Crippen LogP contribution in [0.25, 0.3) is 11.0 Å². The molecule has 2 N–H and O–H groups in total. The number of hydrogen-bond donors (Lipinski definition) is 2. The second-order valence-electron chi connectivity index (χ2n) is 3.87. The first-order valence-electron chi connectivity index (χ1n) is 5.17. The summed E-state index contributed by atoms with van der Waals surface area (Å²) in [6.45, 7) is 0.979. The van der Waals surface area contributed by atoms with Crippen molar-refractivity contribution in [1.82, 2.24) is 15.3 Å². The molecule has 92 valence electrons. The van der Waals surface area contributed by atoms with E-state index in [1.165, 1.54) is 0 Å². The Morgan fingerprint density at radius 3 is 2.76 bits per heavy atom. The van der Waals surface area contributed by atoms with Crippen molar-refractivity contribution in [2.45, 2.75) is 19.6 Å². The van der Waals surface area contributed by atoms with Gasteiger partial charge in [-0.3, -0.25) is 0 Å². The summed E-state index contributed by atoms with van der Waals surface area (Å²) in [6, 6.07) is 5.64. The Hall–Kier alpha value is -1.56. The Morgan fingerprint density at radius 2 is 2.12 bits per heavy atom. The first-order valence-corrected chi connectivity index (χ1v) is 5.17. The van der Waals surface area contributed by atoms with Crippen molar-refractivity contribution in [3.63, 3.8) is 0 Å². The minimum atomic E-state index is -4.19. The molecule has 0 aliphatic carbocycles. The van der Waals surface area contributed by atoms with E-state index in [4.69, 9.17) is 0 Å². The maximum absolute atomic E-state index is 11.9. The van der Waals surface area contributed by atoms with E-state index in [0.29, 0.717) is 5.82 Å². The number of nitrogens with zero attached hydrogens (tertiary/aromatic N) is 1. The second kappa shape index (κ2) is 4.37. The lowest BCUT2D eigenvalue weighted by atomic mass is 10.2. The normalized spacial score (nSPS) is 12.2. The molecule has 0 aliphatic rings. The van der Waals surface area contributed by atoms with Gasteiger partial charge in [0.1, 0.15) is 5.82 Å². The van der Waals surface area contributed by atoms with Gasteiger partial charge in [0.2, 0.25) is 0 Å². The van der Waals surface area contributed by atoms with Gasteiger partial charge in [-0.2, -0.15) is 13.2 Å². The highest BCUT2D eigenvalue weighted by molar-refractivity contribution is 5.78. The van der Waals surface area contributed by atoms with Crippen molar-refractivity contribution in [3.05, 3.63) is 29.6 Å². The van der Waals surface area contributed by atoms with Crippen LogP contribution in [0.3, 0.4) is 0 Å². The van der Waals surface area contributed by atoms with Gasteiger partial charge in [0, 0.05) is 0 Å². The summed E-state index contributed by atoms with van der Waals surface area (Å²) in [5.74, 6) is 0.513. The molecule has 0 saturated carbocycles. The maximum Gasteiger partial charge on any atom is 0.401 e. The Labute approximate surface area is 96.0 Å². The predicted molar refractivity (Wildman–Crippen MR) is 58.6 cm³/mol. The number of H-pyrrole nitrogens is 1. The minimum absolute atomic E-state index is 0.0770. The van der Waals surface area contributed by atoms with Gasteiger partial charge in [0.05, 0.1) is 24.1 Å². The van der Waals surface area contributed by atoms with Crippen LogP contribution >= 0.6 is 0 Å². The van der Waals surface area contributed by atoms with Crippen molar-refractivity contribution < 1.29 is 13.2 Å². The SMILES string of the molecule is Cc1cccc2[nH]c(CNCC(F)(F)F)nc12. The number of imidazole rings is 1. The summed E-state index contributed by atoms with van der Waals surface area (Å²) < 4.78 is 35.8. The van der Waals surface area contributed by atoms with Crippen molar-refractivity contribution in [2.75, 3.05) is 6.54 Å². The average Bonchev–Trinajstić information content (AvgIpc) is 2.60. The predicted octanol–water partition coefficient (Wildman–Crippen LogP) is 2.52. The Bertz CT molecular complexity index is 516. The fraction of sp³-hybridized carbons (Fsp3) is 0.364. The lowest BCUT2D eigenvalue weighted by Crippen LogP contribution is -2.28. The zero-order valence-electron chi connectivity index (χ0n) is 9.23. The average molecular weight is 243 g/mol. The Morgan fingerprint density at radius 1 is 1.35 bits per heavy atom. The largest absolute Gasteiger partial charge is 0.401 e. The molecule has 1 aromatic carbocycles. The van der Waals surface area contributed by atoms with Crippen LogP contribution in [0, 0.1) is 6.92 Å². The first kappa shape index (κ1) is 11.9. The molecule has 2 rings (SSSR count). The number of alkyl halides is 3. The Kier molecular flexibility index (Phi) is 3.06. The molecule has 0 amide bonds. The number of benzene rings is 1. The third kappa shape index (κ3) is 2.97. The molecule has 0 unspecified atom stereocenters. The summed E-state index contributed by atoms with van der Waals surface area (Å²) in [6.07, 6.45) is -4.19. The van der Waals surface area contributed by atoms with E-state index in [0.717, 1.165) is 16.6 Å². The number of rotatable bonds is 3. The lowest BCUT2D eigenvalue weighted by Gasteiger charge is -2.05. The van der Waals surface area contributed by atoms with Crippen molar-refractivity contribution in [3.8, 4) is 0 Å². The lowest BCUT2D eigenvalue weighted by molar-refractivity contribution is -0.125. The third-order valence-corrected chi connectivity index (χ3v) is 2.38. The van der Waals surface area contributed by atoms with Crippen LogP contribution in [-0.2, 0) is 6.54 Å². The summed E-state index contributed by atoms with van der Waals surface area (Å²) in [5, 5.41) is 2.30. The summed E-state index contributed by atoms with van der Waals surface area (Å²) in [4.78, 5) is 7.23. The number of aryl methyl sites for hydroxylation is 1. The molecule has 3 nitrogen and oxygen atoms in total. The van der Waals surface area contributed by atoms with Gasteiger partial charge in [-0.25, -0.2) is 4.98 Å². The number of nitrogens with one attached hydrogen (secondary N) is 2. The van der Waals surface area contributed by atoms with Crippen LogP contribution < -0.4 is 5.32 Å². The summed E-state index contributed by atoms with van der Waals surface area (Å²) in [5.41, 5.74) is 2.64. The molecule has 0 bridgehead atoms. The molecular weight excluding hydrogens is 231 g/mol. The minimum Gasteiger partial charge on any atom is -0.341 e. The number of para-hydroxylation sites is 1. The smallest absolute Gasteiger partial charge is 0.341 e. The van der Waals surface area contributed by atoms with E-state index in [1.54, 1.807) is 0 Å². The monoisotopic (exact) mass is 243 g/mol. The highest BCUT2D eigenvalue weighted by Gasteiger charge is 2.26. The molecule has 0 aliphatic heterocycles. The van der Waals surface area contributed by atoms with E-state index in [-0.39, 0.29) is 6.54 Å². The van der Waals surface area contributed by atoms with Gasteiger partial charge < -0.3 is 10.3 Å². The number of halogens is 3. The maximum atomic E-state index is 11.9. The number of hydrogen-bond acceptors (Lipinski definition) is 2. The molecular formula is C11H12F3N3. The van der Waals surface area contributed by atoms with Gasteiger partial charge in [-0.05, 0) is 18.6 Å². The molecule has 0 spiro atoms. The molecule has 2 aromatic rings. The number of aromatic amines is 1. The molecule has 0 atom stereocenters. The van der Waals surface area contributed by atoms with Crippen molar-refractivity contribution >= 4 is 11.0 Å². The molecule has 1 aromatic heterocycles. The number of fused-ring (bicyclic) bond motifs is 1. The highest BCUT2D eigenvalue weighted by Crippen LogP contribution is 2.16. The standard InChI is InChI=1S/C11H12F3N3/c1-7-3-2-4-8-10(7)17-9(16-8)5-15-6-11(12,13)14/h2-4,15H,5-6H2,1H3,(H,16,17). The first-order chi connectivity index (χ1) is 7.96. The molecule has 0 radical (unpaired) electrons. The van der Waals surface area contributed by atoms with Crippen LogP contribution in [0.5, 0.6) is 0 Å². The third-order valence-electron chi connectivity index (χ3n) is 2.38.